The van der Waals surface area contributed by atoms with E-state index >= 15 is 0 Å². The molecule has 8 nitrogen and oxygen atoms in total. The van der Waals surface area contributed by atoms with Gasteiger partial charge in [-0.25, -0.2) is 4.98 Å². The van der Waals surface area contributed by atoms with E-state index in [0.29, 0.717) is 48.4 Å². The van der Waals surface area contributed by atoms with Crippen LogP contribution in [0.2, 0.25) is 5.02 Å². The lowest BCUT2D eigenvalue weighted by atomic mass is 9.90. The molecular formula is C28H36ClN3O5. The van der Waals surface area contributed by atoms with Crippen LogP contribution in [-0.2, 0) is 13.1 Å². The van der Waals surface area contributed by atoms with E-state index in [1.165, 1.54) is 0 Å². The Labute approximate surface area is 223 Å². The molecule has 0 saturated carbocycles. The highest BCUT2D eigenvalue weighted by Gasteiger charge is 2.42. The number of halogens is 1. The topological polar surface area (TPSA) is 89.2 Å². The number of likely N-dealkylation sites (tertiary alicyclic amines) is 1. The number of ether oxygens (including phenoxy) is 3. The Bertz CT molecular complexity index is 1190. The Morgan fingerprint density at radius 3 is 2.70 bits per heavy atom. The van der Waals surface area contributed by atoms with Gasteiger partial charge in [-0.3, -0.25) is 4.90 Å². The Morgan fingerprint density at radius 2 is 1.95 bits per heavy atom. The number of aryl methyl sites for hydroxylation is 3. The molecule has 2 heterocycles. The van der Waals surface area contributed by atoms with Crippen LogP contribution < -0.4 is 14.2 Å². The standard InChI is InChI=1S/C28H36ClN3O5/c1-20-5-7-23(29)25(15-20)37-19-28(34)18-31(12-9-27(28)33)17-22-6-8-24(35-3)26(16-22)36-14-4-11-32-13-10-30-21(32)2/h5-8,10,13,15-16,27,33-34H,4,9,11-12,14,17-19H2,1-3H3/t27-,28-/m0/s1. The predicted molar refractivity (Wildman–Crippen MR) is 143 cm³/mol. The summed E-state index contributed by atoms with van der Waals surface area (Å²) < 4.78 is 19.5. The Kier molecular flexibility index (Phi) is 8.97. The van der Waals surface area contributed by atoms with Crippen LogP contribution in [0.15, 0.2) is 48.8 Å². The molecule has 0 radical (unpaired) electrons. The summed E-state index contributed by atoms with van der Waals surface area (Å²) in [6.45, 7) is 6.77. The molecule has 1 fully saturated rings. The van der Waals surface area contributed by atoms with Gasteiger partial charge in [0.15, 0.2) is 11.5 Å². The van der Waals surface area contributed by atoms with Crippen LogP contribution in [0.25, 0.3) is 0 Å². The van der Waals surface area contributed by atoms with Gasteiger partial charge in [-0.1, -0.05) is 23.7 Å². The minimum atomic E-state index is -1.41. The van der Waals surface area contributed by atoms with Crippen LogP contribution in [0.3, 0.4) is 0 Å². The van der Waals surface area contributed by atoms with Gasteiger partial charge in [0.2, 0.25) is 0 Å². The second-order valence-electron chi connectivity index (χ2n) is 9.70. The quantitative estimate of drug-likeness (QED) is 0.363. The Balaban J connectivity index is 1.36. The Morgan fingerprint density at radius 1 is 1.11 bits per heavy atom. The van der Waals surface area contributed by atoms with Crippen LogP contribution in [0.5, 0.6) is 17.2 Å². The fourth-order valence-electron chi connectivity index (χ4n) is 4.59. The van der Waals surface area contributed by atoms with Crippen molar-refractivity contribution in [3.63, 3.8) is 0 Å². The summed E-state index contributed by atoms with van der Waals surface area (Å²) in [5.74, 6) is 2.85. The van der Waals surface area contributed by atoms with Crippen LogP contribution in [0.4, 0.5) is 0 Å². The molecule has 1 saturated heterocycles. The number of benzene rings is 2. The third-order valence-electron chi connectivity index (χ3n) is 6.76. The maximum Gasteiger partial charge on any atom is 0.161 e. The van der Waals surface area contributed by atoms with Crippen LogP contribution in [0, 0.1) is 13.8 Å². The minimum Gasteiger partial charge on any atom is -0.493 e. The van der Waals surface area contributed by atoms with Gasteiger partial charge >= 0.3 is 0 Å². The van der Waals surface area contributed by atoms with Crippen molar-refractivity contribution in [2.45, 2.75) is 51.5 Å². The van der Waals surface area contributed by atoms with E-state index in [0.717, 1.165) is 29.9 Å². The molecule has 1 aromatic heterocycles. The maximum absolute atomic E-state index is 11.3. The zero-order chi connectivity index (χ0) is 26.4. The van der Waals surface area contributed by atoms with Gasteiger partial charge in [0.05, 0.1) is 24.8 Å². The molecule has 1 aliphatic heterocycles. The normalized spacial score (nSPS) is 20.1. The van der Waals surface area contributed by atoms with Crippen molar-refractivity contribution >= 4 is 11.6 Å². The number of methoxy groups -OCH3 is 1. The third-order valence-corrected chi connectivity index (χ3v) is 7.07. The summed E-state index contributed by atoms with van der Waals surface area (Å²) in [7, 11) is 1.63. The summed E-state index contributed by atoms with van der Waals surface area (Å²) in [6, 6.07) is 11.4. The lowest BCUT2D eigenvalue weighted by Crippen LogP contribution is -2.59. The smallest absolute Gasteiger partial charge is 0.161 e. The van der Waals surface area contributed by atoms with Crippen LogP contribution in [0.1, 0.15) is 29.8 Å². The summed E-state index contributed by atoms with van der Waals surface area (Å²) >= 11 is 6.24. The molecule has 0 spiro atoms. The Hall–Kier alpha value is -2.78. The number of aliphatic hydroxyl groups is 2. The molecule has 2 N–H and O–H groups in total. The highest BCUT2D eigenvalue weighted by Crippen LogP contribution is 2.31. The molecule has 2 atom stereocenters. The van der Waals surface area contributed by atoms with Crippen molar-refractivity contribution in [3.8, 4) is 17.2 Å². The minimum absolute atomic E-state index is 0.0544. The van der Waals surface area contributed by atoms with E-state index in [2.05, 4.69) is 14.5 Å². The second kappa shape index (κ2) is 12.2. The highest BCUT2D eigenvalue weighted by atomic mass is 35.5. The van der Waals surface area contributed by atoms with E-state index in [9.17, 15) is 10.2 Å². The maximum atomic E-state index is 11.3. The number of β-amino-alcohol motifs (C(OH)–C–C–N with tert-alkyl or cyclic N) is 1. The van der Waals surface area contributed by atoms with Gasteiger partial charge in [0.25, 0.3) is 0 Å². The van der Waals surface area contributed by atoms with Gasteiger partial charge in [0, 0.05) is 38.6 Å². The molecule has 0 aliphatic carbocycles. The zero-order valence-electron chi connectivity index (χ0n) is 21.7. The van der Waals surface area contributed by atoms with Crippen LogP contribution in [-0.4, -0.2) is 69.8 Å². The first-order valence-corrected chi connectivity index (χ1v) is 12.9. The lowest BCUT2D eigenvalue weighted by molar-refractivity contribution is -0.140. The fourth-order valence-corrected chi connectivity index (χ4v) is 4.77. The summed E-state index contributed by atoms with van der Waals surface area (Å²) in [4.78, 5) is 6.36. The zero-order valence-corrected chi connectivity index (χ0v) is 22.4. The fraction of sp³-hybridized carbons (Fsp3) is 0.464. The van der Waals surface area contributed by atoms with E-state index in [4.69, 9.17) is 25.8 Å². The first-order valence-electron chi connectivity index (χ1n) is 12.6. The number of rotatable bonds is 11. The number of imidazole rings is 1. The molecule has 0 amide bonds. The van der Waals surface area contributed by atoms with Gasteiger partial charge < -0.3 is 29.0 Å². The van der Waals surface area contributed by atoms with Crippen molar-refractivity contribution in [2.24, 2.45) is 0 Å². The van der Waals surface area contributed by atoms with Crippen LogP contribution >= 0.6 is 11.6 Å². The lowest BCUT2D eigenvalue weighted by Gasteiger charge is -2.42. The first-order chi connectivity index (χ1) is 17.8. The monoisotopic (exact) mass is 529 g/mol. The average Bonchev–Trinajstić information content (AvgIpc) is 3.29. The van der Waals surface area contributed by atoms with Gasteiger partial charge in [0.1, 0.15) is 23.8 Å². The van der Waals surface area contributed by atoms with E-state index in [-0.39, 0.29) is 13.2 Å². The molecule has 37 heavy (non-hydrogen) atoms. The predicted octanol–water partition coefficient (Wildman–Crippen LogP) is 4.01. The number of nitrogens with zero attached hydrogens (tertiary/aromatic N) is 3. The molecule has 4 rings (SSSR count). The molecule has 3 aromatic rings. The van der Waals surface area contributed by atoms with Gasteiger partial charge in [-0.2, -0.15) is 0 Å². The molecular weight excluding hydrogens is 494 g/mol. The SMILES string of the molecule is COc1ccc(CN2CC[C@H](O)[C@@](O)(COc3cc(C)ccc3Cl)C2)cc1OCCCn1ccnc1C. The first kappa shape index (κ1) is 27.3. The number of hydrogen-bond donors (Lipinski definition) is 2. The van der Waals surface area contributed by atoms with Crippen molar-refractivity contribution in [2.75, 3.05) is 33.4 Å². The van der Waals surface area contributed by atoms with Crippen molar-refractivity contribution < 1.29 is 24.4 Å². The molecule has 9 heteroatoms. The van der Waals surface area contributed by atoms with Crippen molar-refractivity contribution in [1.29, 1.82) is 0 Å². The summed E-state index contributed by atoms with van der Waals surface area (Å²) in [5, 5.41) is 22.4. The highest BCUT2D eigenvalue weighted by molar-refractivity contribution is 6.32. The third kappa shape index (κ3) is 6.96. The van der Waals surface area contributed by atoms with E-state index in [1.54, 1.807) is 19.4 Å². The molecule has 0 bridgehead atoms. The number of hydrogen-bond acceptors (Lipinski definition) is 7. The van der Waals surface area contributed by atoms with E-state index in [1.807, 2.05) is 50.4 Å². The summed E-state index contributed by atoms with van der Waals surface area (Å²) in [5.41, 5.74) is 0.622. The van der Waals surface area contributed by atoms with E-state index < -0.39 is 11.7 Å². The molecule has 200 valence electrons. The number of piperidine rings is 1. The molecule has 2 aromatic carbocycles. The number of aromatic nitrogens is 2. The second-order valence-corrected chi connectivity index (χ2v) is 10.1. The average molecular weight is 530 g/mol. The summed E-state index contributed by atoms with van der Waals surface area (Å²) in [6.07, 6.45) is 4.16. The molecule has 0 unspecified atom stereocenters. The van der Waals surface area contributed by atoms with Gasteiger partial charge in [-0.05, 0) is 62.1 Å². The molecule has 1 aliphatic rings. The van der Waals surface area contributed by atoms with Crippen molar-refractivity contribution in [3.05, 3.63) is 70.8 Å². The largest absolute Gasteiger partial charge is 0.493 e. The van der Waals surface area contributed by atoms with Crippen molar-refractivity contribution in [1.82, 2.24) is 14.5 Å². The van der Waals surface area contributed by atoms with Gasteiger partial charge in [-0.15, -0.1) is 0 Å². The number of aliphatic hydroxyl groups excluding tert-OH is 1.